The number of carbonyl (C=O) groups is 1. The molecular weight excluding hydrogens is 413 g/mol. The molecular formula is C21H19F3N4O3. The summed E-state index contributed by atoms with van der Waals surface area (Å²) in [5.74, 6) is 0.258. The molecule has 0 saturated heterocycles. The molecule has 0 unspecified atom stereocenters. The van der Waals surface area contributed by atoms with Gasteiger partial charge in [0.25, 0.3) is 5.91 Å². The third kappa shape index (κ3) is 6.33. The third-order valence-electron chi connectivity index (χ3n) is 4.18. The van der Waals surface area contributed by atoms with Gasteiger partial charge in [-0.1, -0.05) is 12.1 Å². The zero-order valence-electron chi connectivity index (χ0n) is 16.7. The van der Waals surface area contributed by atoms with Gasteiger partial charge in [0.05, 0.1) is 18.4 Å². The van der Waals surface area contributed by atoms with E-state index >= 15 is 0 Å². The summed E-state index contributed by atoms with van der Waals surface area (Å²) in [6.07, 6.45) is -3.39. The first-order chi connectivity index (χ1) is 14.7. The van der Waals surface area contributed by atoms with Crippen molar-refractivity contribution in [3.05, 3.63) is 71.5 Å². The SMILES string of the molecule is COc1ccc(CNc2ncc(C(=O)Nc3ccc(OC(F)(F)F)cc3)c(C)n2)cc1. The van der Waals surface area contributed by atoms with Crippen LogP contribution in [0.25, 0.3) is 0 Å². The smallest absolute Gasteiger partial charge is 0.497 e. The number of alkyl halides is 3. The number of hydrogen-bond donors (Lipinski definition) is 2. The van der Waals surface area contributed by atoms with Crippen LogP contribution in [0.3, 0.4) is 0 Å². The van der Waals surface area contributed by atoms with E-state index in [0.29, 0.717) is 23.9 Å². The second-order valence-corrected chi connectivity index (χ2v) is 6.42. The molecule has 1 aromatic heterocycles. The van der Waals surface area contributed by atoms with Crippen molar-refractivity contribution < 1.29 is 27.4 Å². The largest absolute Gasteiger partial charge is 0.573 e. The molecule has 0 aliphatic heterocycles. The molecule has 0 saturated carbocycles. The highest BCUT2D eigenvalue weighted by Crippen LogP contribution is 2.24. The summed E-state index contributed by atoms with van der Waals surface area (Å²) < 4.78 is 45.6. The molecule has 3 rings (SSSR count). The van der Waals surface area contributed by atoms with E-state index in [9.17, 15) is 18.0 Å². The van der Waals surface area contributed by atoms with Crippen molar-refractivity contribution >= 4 is 17.5 Å². The number of rotatable bonds is 7. The van der Waals surface area contributed by atoms with E-state index < -0.39 is 12.3 Å². The van der Waals surface area contributed by atoms with Crippen molar-refractivity contribution in [1.29, 1.82) is 0 Å². The summed E-state index contributed by atoms with van der Waals surface area (Å²) in [7, 11) is 1.60. The molecule has 162 valence electrons. The Morgan fingerprint density at radius 1 is 1.03 bits per heavy atom. The predicted molar refractivity (Wildman–Crippen MR) is 108 cm³/mol. The van der Waals surface area contributed by atoms with Crippen LogP contribution in [0, 0.1) is 6.92 Å². The third-order valence-corrected chi connectivity index (χ3v) is 4.18. The first-order valence-electron chi connectivity index (χ1n) is 9.11. The molecule has 0 fully saturated rings. The topological polar surface area (TPSA) is 85.4 Å². The highest BCUT2D eigenvalue weighted by atomic mass is 19.4. The number of carbonyl (C=O) groups excluding carboxylic acids is 1. The molecule has 0 bridgehead atoms. The normalized spacial score (nSPS) is 11.0. The maximum Gasteiger partial charge on any atom is 0.573 e. The molecule has 2 N–H and O–H groups in total. The van der Waals surface area contributed by atoms with Crippen LogP contribution in [0.15, 0.2) is 54.7 Å². The molecule has 7 nitrogen and oxygen atoms in total. The van der Waals surface area contributed by atoms with E-state index in [4.69, 9.17) is 4.74 Å². The maximum absolute atomic E-state index is 12.5. The molecule has 0 spiro atoms. The van der Waals surface area contributed by atoms with Crippen molar-refractivity contribution in [3.63, 3.8) is 0 Å². The molecule has 1 heterocycles. The van der Waals surface area contributed by atoms with Crippen molar-refractivity contribution in [2.75, 3.05) is 17.7 Å². The molecule has 31 heavy (non-hydrogen) atoms. The molecule has 10 heteroatoms. The first-order valence-corrected chi connectivity index (χ1v) is 9.11. The van der Waals surface area contributed by atoms with Gasteiger partial charge in [0, 0.05) is 18.4 Å². The molecule has 0 aliphatic carbocycles. The lowest BCUT2D eigenvalue weighted by Gasteiger charge is -2.11. The Morgan fingerprint density at radius 2 is 1.68 bits per heavy atom. The van der Waals surface area contributed by atoms with Crippen LogP contribution >= 0.6 is 0 Å². The number of halogens is 3. The average molecular weight is 432 g/mol. The Kier molecular flexibility index (Phi) is 6.58. The zero-order chi connectivity index (χ0) is 22.4. The van der Waals surface area contributed by atoms with Crippen LogP contribution in [0.1, 0.15) is 21.6 Å². The number of aromatic nitrogens is 2. The second-order valence-electron chi connectivity index (χ2n) is 6.42. The van der Waals surface area contributed by atoms with Crippen LogP contribution in [0.5, 0.6) is 11.5 Å². The van der Waals surface area contributed by atoms with Crippen LogP contribution in [-0.4, -0.2) is 29.3 Å². The fraction of sp³-hybridized carbons (Fsp3) is 0.190. The lowest BCUT2D eigenvalue weighted by Crippen LogP contribution is -2.17. The van der Waals surface area contributed by atoms with Crippen molar-refractivity contribution in [2.45, 2.75) is 19.8 Å². The van der Waals surface area contributed by atoms with Crippen molar-refractivity contribution in [2.24, 2.45) is 0 Å². The van der Waals surface area contributed by atoms with E-state index in [0.717, 1.165) is 23.4 Å². The van der Waals surface area contributed by atoms with Crippen LogP contribution in [0.4, 0.5) is 24.8 Å². The number of hydrogen-bond acceptors (Lipinski definition) is 6. The van der Waals surface area contributed by atoms with Gasteiger partial charge in [-0.2, -0.15) is 0 Å². The lowest BCUT2D eigenvalue weighted by molar-refractivity contribution is -0.274. The van der Waals surface area contributed by atoms with Crippen molar-refractivity contribution in [1.82, 2.24) is 9.97 Å². The predicted octanol–water partition coefficient (Wildman–Crippen LogP) is 4.56. The molecule has 0 aliphatic rings. The lowest BCUT2D eigenvalue weighted by atomic mass is 10.2. The van der Waals surface area contributed by atoms with Gasteiger partial charge in [-0.05, 0) is 48.9 Å². The Bertz CT molecular complexity index is 1040. The summed E-state index contributed by atoms with van der Waals surface area (Å²) >= 11 is 0. The second kappa shape index (κ2) is 9.33. The molecule has 3 aromatic rings. The summed E-state index contributed by atoms with van der Waals surface area (Å²) in [5, 5.41) is 5.67. The van der Waals surface area contributed by atoms with Crippen LogP contribution in [0.2, 0.25) is 0 Å². The number of aryl methyl sites for hydroxylation is 1. The fourth-order valence-corrected chi connectivity index (χ4v) is 2.64. The van der Waals surface area contributed by atoms with Gasteiger partial charge in [0.15, 0.2) is 0 Å². The van der Waals surface area contributed by atoms with E-state index in [1.165, 1.54) is 18.3 Å². The number of methoxy groups -OCH3 is 1. The Hall–Kier alpha value is -3.82. The summed E-state index contributed by atoms with van der Waals surface area (Å²) in [4.78, 5) is 20.9. The standard InChI is InChI=1S/C21H19F3N4O3/c1-13-18(19(29)28-15-5-9-17(10-6-15)31-21(22,23)24)12-26-20(27-13)25-11-14-3-7-16(30-2)8-4-14/h3-10,12H,11H2,1-2H3,(H,28,29)(H,25,26,27). The number of anilines is 2. The number of ether oxygens (including phenoxy) is 2. The van der Waals surface area contributed by atoms with Crippen LogP contribution < -0.4 is 20.1 Å². The van der Waals surface area contributed by atoms with E-state index in [1.807, 2.05) is 24.3 Å². The number of benzene rings is 2. The molecule has 0 atom stereocenters. The Balaban J connectivity index is 1.60. The quantitative estimate of drug-likeness (QED) is 0.570. The first kappa shape index (κ1) is 21.9. The minimum absolute atomic E-state index is 0.241. The molecule has 1 amide bonds. The highest BCUT2D eigenvalue weighted by molar-refractivity contribution is 6.04. The minimum Gasteiger partial charge on any atom is -0.497 e. The van der Waals surface area contributed by atoms with E-state index in [1.54, 1.807) is 14.0 Å². The zero-order valence-corrected chi connectivity index (χ0v) is 16.7. The van der Waals surface area contributed by atoms with Gasteiger partial charge >= 0.3 is 6.36 Å². The van der Waals surface area contributed by atoms with Crippen LogP contribution in [-0.2, 0) is 6.54 Å². The van der Waals surface area contributed by atoms with Gasteiger partial charge in [-0.3, -0.25) is 4.79 Å². The summed E-state index contributed by atoms with van der Waals surface area (Å²) in [6, 6.07) is 12.3. The maximum atomic E-state index is 12.5. The fourth-order valence-electron chi connectivity index (χ4n) is 2.64. The van der Waals surface area contributed by atoms with Gasteiger partial charge in [-0.25, -0.2) is 9.97 Å². The van der Waals surface area contributed by atoms with Crippen molar-refractivity contribution in [3.8, 4) is 11.5 Å². The monoisotopic (exact) mass is 432 g/mol. The Labute approximate surface area is 176 Å². The summed E-state index contributed by atoms with van der Waals surface area (Å²) in [6.45, 7) is 2.15. The van der Waals surface area contributed by atoms with Gasteiger partial charge in [-0.15, -0.1) is 13.2 Å². The van der Waals surface area contributed by atoms with Gasteiger partial charge < -0.3 is 20.1 Å². The number of nitrogens with one attached hydrogen (secondary N) is 2. The number of amides is 1. The van der Waals surface area contributed by atoms with E-state index in [-0.39, 0.29) is 11.3 Å². The minimum atomic E-state index is -4.78. The van der Waals surface area contributed by atoms with Gasteiger partial charge in [0.2, 0.25) is 5.95 Å². The van der Waals surface area contributed by atoms with Gasteiger partial charge in [0.1, 0.15) is 11.5 Å². The average Bonchev–Trinajstić information content (AvgIpc) is 2.73. The number of nitrogens with zero attached hydrogens (tertiary/aromatic N) is 2. The molecule has 2 aromatic carbocycles. The Morgan fingerprint density at radius 3 is 2.26 bits per heavy atom. The highest BCUT2D eigenvalue weighted by Gasteiger charge is 2.31. The molecule has 0 radical (unpaired) electrons. The summed E-state index contributed by atoms with van der Waals surface area (Å²) in [5.41, 5.74) is 2.00. The van der Waals surface area contributed by atoms with E-state index in [2.05, 4.69) is 25.3 Å².